The Kier molecular flexibility index (Phi) is 4.06. The second-order valence-electron chi connectivity index (χ2n) is 6.26. The van der Waals surface area contributed by atoms with Crippen molar-refractivity contribution in [3.8, 4) is 5.69 Å². The molecule has 2 heterocycles. The zero-order valence-corrected chi connectivity index (χ0v) is 14.4. The number of fused-ring (bicyclic) bond motifs is 1. The minimum absolute atomic E-state index is 0.153. The molecule has 0 saturated heterocycles. The highest BCUT2D eigenvalue weighted by Gasteiger charge is 2.18. The summed E-state index contributed by atoms with van der Waals surface area (Å²) in [4.78, 5) is 19.9. The van der Waals surface area contributed by atoms with Gasteiger partial charge in [0.05, 0.1) is 21.9 Å². The number of hydrogen-bond donors (Lipinski definition) is 1. The minimum atomic E-state index is -0.153. The topological polar surface area (TPSA) is 63.6 Å². The monoisotopic (exact) mass is 362 g/mol. The van der Waals surface area contributed by atoms with Gasteiger partial charge in [-0.25, -0.2) is 9.67 Å². The molecule has 1 aliphatic rings. The van der Waals surface area contributed by atoms with Crippen molar-refractivity contribution >= 4 is 34.2 Å². The van der Waals surface area contributed by atoms with Crippen LogP contribution in [0.25, 0.3) is 16.7 Å². The summed E-state index contributed by atoms with van der Waals surface area (Å²) >= 11 is 12.1. The quantitative estimate of drug-likeness (QED) is 0.760. The van der Waals surface area contributed by atoms with Crippen molar-refractivity contribution in [2.24, 2.45) is 5.92 Å². The summed E-state index contributed by atoms with van der Waals surface area (Å²) in [7, 11) is 0. The van der Waals surface area contributed by atoms with Crippen molar-refractivity contribution in [2.45, 2.75) is 32.1 Å². The van der Waals surface area contributed by atoms with Crippen LogP contribution in [0.5, 0.6) is 0 Å². The highest BCUT2D eigenvalue weighted by molar-refractivity contribution is 6.42. The molecule has 5 nitrogen and oxygen atoms in total. The first kappa shape index (κ1) is 15.7. The lowest BCUT2D eigenvalue weighted by atomic mass is 10.0. The van der Waals surface area contributed by atoms with Gasteiger partial charge in [-0.3, -0.25) is 4.79 Å². The molecule has 0 bridgehead atoms. The number of hydrogen-bond acceptors (Lipinski definition) is 3. The summed E-state index contributed by atoms with van der Waals surface area (Å²) in [6.07, 6.45) is 7.26. The summed E-state index contributed by atoms with van der Waals surface area (Å²) < 4.78 is 1.63. The van der Waals surface area contributed by atoms with Crippen LogP contribution in [0.1, 0.15) is 31.5 Å². The summed E-state index contributed by atoms with van der Waals surface area (Å²) in [5.41, 5.74) is 1.12. The molecule has 4 rings (SSSR count). The second-order valence-corrected chi connectivity index (χ2v) is 7.07. The standard InChI is InChI=1S/C17H16Cl2N4O/c18-13-6-5-11(8-14(13)19)23-16-12(9-20-23)17(24)22-15(21-16)7-10-3-1-2-4-10/h5-6,8-10H,1-4,7H2,(H,21,22,24). The van der Waals surface area contributed by atoms with Crippen molar-refractivity contribution in [3.63, 3.8) is 0 Å². The van der Waals surface area contributed by atoms with E-state index in [0.717, 1.165) is 17.9 Å². The lowest BCUT2D eigenvalue weighted by molar-refractivity contribution is 0.530. The number of benzene rings is 1. The predicted molar refractivity (Wildman–Crippen MR) is 95.2 cm³/mol. The van der Waals surface area contributed by atoms with E-state index in [1.165, 1.54) is 31.9 Å². The van der Waals surface area contributed by atoms with E-state index in [4.69, 9.17) is 23.2 Å². The largest absolute Gasteiger partial charge is 0.310 e. The molecule has 1 aliphatic carbocycles. The number of aromatic nitrogens is 4. The van der Waals surface area contributed by atoms with Gasteiger partial charge in [0.25, 0.3) is 5.56 Å². The van der Waals surface area contributed by atoms with Crippen molar-refractivity contribution in [1.82, 2.24) is 19.7 Å². The van der Waals surface area contributed by atoms with Crippen LogP contribution >= 0.6 is 23.2 Å². The first-order chi connectivity index (χ1) is 11.6. The lowest BCUT2D eigenvalue weighted by Gasteiger charge is -2.09. The Morgan fingerprint density at radius 1 is 1.21 bits per heavy atom. The zero-order chi connectivity index (χ0) is 16.7. The van der Waals surface area contributed by atoms with Crippen LogP contribution in [0, 0.1) is 5.92 Å². The smallest absolute Gasteiger partial charge is 0.262 e. The molecule has 1 aromatic carbocycles. The molecule has 1 fully saturated rings. The SMILES string of the molecule is O=c1[nH]c(CC2CCCC2)nc2c1cnn2-c1ccc(Cl)c(Cl)c1. The summed E-state index contributed by atoms with van der Waals surface area (Å²) in [6.45, 7) is 0. The molecule has 1 N–H and O–H groups in total. The molecule has 0 aliphatic heterocycles. The van der Waals surface area contributed by atoms with Gasteiger partial charge < -0.3 is 4.98 Å². The Labute approximate surface area is 148 Å². The molecule has 0 unspecified atom stereocenters. The van der Waals surface area contributed by atoms with Crippen LogP contribution in [0.3, 0.4) is 0 Å². The van der Waals surface area contributed by atoms with E-state index in [1.54, 1.807) is 22.9 Å². The van der Waals surface area contributed by atoms with E-state index in [9.17, 15) is 4.79 Å². The summed E-state index contributed by atoms with van der Waals surface area (Å²) in [6, 6.07) is 5.23. The molecular formula is C17H16Cl2N4O. The molecule has 1 saturated carbocycles. The van der Waals surface area contributed by atoms with Gasteiger partial charge in [0.15, 0.2) is 5.65 Å². The van der Waals surface area contributed by atoms with Gasteiger partial charge in [-0.2, -0.15) is 5.10 Å². The van der Waals surface area contributed by atoms with E-state index in [2.05, 4.69) is 15.1 Å². The average Bonchev–Trinajstić information content (AvgIpc) is 3.20. The zero-order valence-electron chi connectivity index (χ0n) is 12.9. The highest BCUT2D eigenvalue weighted by atomic mass is 35.5. The van der Waals surface area contributed by atoms with Gasteiger partial charge in [0.2, 0.25) is 0 Å². The van der Waals surface area contributed by atoms with Crippen LogP contribution in [-0.2, 0) is 6.42 Å². The fourth-order valence-corrected chi connectivity index (χ4v) is 3.65. The van der Waals surface area contributed by atoms with Crippen LogP contribution in [0.2, 0.25) is 10.0 Å². The maximum Gasteiger partial charge on any atom is 0.262 e. The Morgan fingerprint density at radius 3 is 2.75 bits per heavy atom. The molecule has 3 aromatic rings. The van der Waals surface area contributed by atoms with E-state index in [1.807, 2.05) is 0 Å². The minimum Gasteiger partial charge on any atom is -0.310 e. The van der Waals surface area contributed by atoms with Crippen LogP contribution in [0.15, 0.2) is 29.2 Å². The van der Waals surface area contributed by atoms with Crippen LogP contribution in [0.4, 0.5) is 0 Å². The number of aromatic amines is 1. The normalized spacial score (nSPS) is 15.4. The molecule has 0 spiro atoms. The van der Waals surface area contributed by atoms with Gasteiger partial charge in [0, 0.05) is 6.42 Å². The van der Waals surface area contributed by atoms with E-state index < -0.39 is 0 Å². The molecule has 7 heteroatoms. The third-order valence-electron chi connectivity index (χ3n) is 4.59. The molecule has 0 amide bonds. The molecular weight excluding hydrogens is 347 g/mol. The number of rotatable bonds is 3. The van der Waals surface area contributed by atoms with Gasteiger partial charge in [-0.15, -0.1) is 0 Å². The number of halogens is 2. The fourth-order valence-electron chi connectivity index (χ4n) is 3.35. The van der Waals surface area contributed by atoms with Crippen LogP contribution < -0.4 is 5.56 Å². The number of nitrogens with zero attached hydrogens (tertiary/aromatic N) is 3. The van der Waals surface area contributed by atoms with Crippen LogP contribution in [-0.4, -0.2) is 19.7 Å². The van der Waals surface area contributed by atoms with Gasteiger partial charge >= 0.3 is 0 Å². The molecule has 0 atom stereocenters. The van der Waals surface area contributed by atoms with Gasteiger partial charge in [0.1, 0.15) is 11.2 Å². The van der Waals surface area contributed by atoms with E-state index >= 15 is 0 Å². The number of H-pyrrole nitrogens is 1. The van der Waals surface area contributed by atoms with Gasteiger partial charge in [-0.1, -0.05) is 48.9 Å². The first-order valence-electron chi connectivity index (χ1n) is 8.04. The Hall–Kier alpha value is -1.85. The second kappa shape index (κ2) is 6.22. The van der Waals surface area contributed by atoms with E-state index in [0.29, 0.717) is 27.0 Å². The third-order valence-corrected chi connectivity index (χ3v) is 5.33. The lowest BCUT2D eigenvalue weighted by Crippen LogP contribution is -2.14. The predicted octanol–water partition coefficient (Wildman–Crippen LogP) is 4.15. The maximum absolute atomic E-state index is 12.3. The molecule has 2 aromatic heterocycles. The van der Waals surface area contributed by atoms with Gasteiger partial charge in [-0.05, 0) is 24.1 Å². The Morgan fingerprint density at radius 2 is 2.00 bits per heavy atom. The van der Waals surface area contributed by atoms with Crippen molar-refractivity contribution in [1.29, 1.82) is 0 Å². The first-order valence-corrected chi connectivity index (χ1v) is 8.80. The maximum atomic E-state index is 12.3. The average molecular weight is 363 g/mol. The number of nitrogens with one attached hydrogen (secondary N) is 1. The van der Waals surface area contributed by atoms with Crippen molar-refractivity contribution < 1.29 is 0 Å². The van der Waals surface area contributed by atoms with Crippen molar-refractivity contribution in [3.05, 3.63) is 50.6 Å². The third kappa shape index (κ3) is 2.82. The van der Waals surface area contributed by atoms with E-state index in [-0.39, 0.29) is 5.56 Å². The highest BCUT2D eigenvalue weighted by Crippen LogP contribution is 2.28. The summed E-state index contributed by atoms with van der Waals surface area (Å²) in [5.74, 6) is 1.33. The van der Waals surface area contributed by atoms with Crippen molar-refractivity contribution in [2.75, 3.05) is 0 Å². The Bertz CT molecular complexity index is 957. The summed E-state index contributed by atoms with van der Waals surface area (Å²) in [5, 5.41) is 5.69. The Balaban J connectivity index is 1.80. The molecule has 24 heavy (non-hydrogen) atoms. The molecule has 124 valence electrons. The molecule has 0 radical (unpaired) electrons. The fraction of sp³-hybridized carbons (Fsp3) is 0.353.